The molecule has 1 aromatic carbocycles. The average Bonchev–Trinajstić information content (AvgIpc) is 2.76. The molecule has 0 unspecified atom stereocenters. The van der Waals surface area contributed by atoms with Crippen LogP contribution in [-0.4, -0.2) is 25.5 Å². The minimum atomic E-state index is -0.273. The normalized spacial score (nSPS) is 10.9. The summed E-state index contributed by atoms with van der Waals surface area (Å²) in [6, 6.07) is 4.10. The van der Waals surface area contributed by atoms with Crippen molar-refractivity contribution in [3.05, 3.63) is 48.1 Å². The molecule has 0 saturated heterocycles. The number of nitrogens with zero attached hydrogens (tertiary/aromatic N) is 2. The molecule has 0 fully saturated rings. The Hall–Kier alpha value is -2.56. The Kier molecular flexibility index (Phi) is 3.14. The van der Waals surface area contributed by atoms with Crippen molar-refractivity contribution in [3.8, 4) is 11.5 Å². The van der Waals surface area contributed by atoms with E-state index in [1.165, 1.54) is 36.5 Å². The molecule has 1 heterocycles. The molecule has 0 amide bonds. The molecule has 92 valence electrons. The second-order valence-electron chi connectivity index (χ2n) is 3.80. The number of aryl methyl sites for hydroxylation is 1. The molecule has 0 spiro atoms. The molecule has 0 aliphatic carbocycles. The van der Waals surface area contributed by atoms with E-state index >= 15 is 0 Å². The molecule has 1 aromatic heterocycles. The first-order valence-electron chi connectivity index (χ1n) is 5.29. The highest BCUT2D eigenvalue weighted by Gasteiger charge is 2.07. The molecular formula is C13H12N2O3. The molecule has 18 heavy (non-hydrogen) atoms. The number of hydrogen-bond donors (Lipinski definition) is 2. The summed E-state index contributed by atoms with van der Waals surface area (Å²) in [6.07, 6.45) is 5.95. The molecule has 2 rings (SSSR count). The van der Waals surface area contributed by atoms with Crippen LogP contribution in [-0.2, 0) is 7.05 Å². The Morgan fingerprint density at radius 1 is 1.39 bits per heavy atom. The summed E-state index contributed by atoms with van der Waals surface area (Å²) in [5.41, 5.74) is 0.373. The van der Waals surface area contributed by atoms with Gasteiger partial charge in [0, 0.05) is 25.0 Å². The van der Waals surface area contributed by atoms with Gasteiger partial charge < -0.3 is 14.8 Å². The molecule has 0 aliphatic rings. The molecule has 0 atom stereocenters. The number of rotatable bonds is 3. The van der Waals surface area contributed by atoms with E-state index in [9.17, 15) is 15.0 Å². The predicted molar refractivity (Wildman–Crippen MR) is 66.3 cm³/mol. The van der Waals surface area contributed by atoms with E-state index in [2.05, 4.69) is 4.98 Å². The summed E-state index contributed by atoms with van der Waals surface area (Å²) in [5.74, 6) is 0.0599. The summed E-state index contributed by atoms with van der Waals surface area (Å²) in [7, 11) is 1.72. The zero-order valence-electron chi connectivity index (χ0n) is 9.74. The molecule has 2 aromatic rings. The van der Waals surface area contributed by atoms with Crippen molar-refractivity contribution in [2.75, 3.05) is 0 Å². The third-order valence-corrected chi connectivity index (χ3v) is 2.47. The van der Waals surface area contributed by atoms with Gasteiger partial charge in [-0.2, -0.15) is 0 Å². The van der Waals surface area contributed by atoms with Crippen LogP contribution in [0.4, 0.5) is 0 Å². The number of aromatic nitrogens is 2. The number of aromatic hydroxyl groups is 2. The van der Waals surface area contributed by atoms with Gasteiger partial charge in [-0.1, -0.05) is 0 Å². The average molecular weight is 244 g/mol. The summed E-state index contributed by atoms with van der Waals surface area (Å²) >= 11 is 0. The Labute approximate surface area is 104 Å². The van der Waals surface area contributed by atoms with E-state index in [0.717, 1.165) is 0 Å². The van der Waals surface area contributed by atoms with Gasteiger partial charge in [-0.15, -0.1) is 0 Å². The molecule has 5 nitrogen and oxygen atoms in total. The first-order valence-corrected chi connectivity index (χ1v) is 5.29. The SMILES string of the molecule is Cn1ccnc1C(=O)/C=C/c1cc(O)ccc1O. The van der Waals surface area contributed by atoms with Crippen molar-refractivity contribution in [1.29, 1.82) is 0 Å². The lowest BCUT2D eigenvalue weighted by Gasteiger charge is -1.99. The number of allylic oxidation sites excluding steroid dienone is 1. The van der Waals surface area contributed by atoms with Gasteiger partial charge in [0.1, 0.15) is 11.5 Å². The van der Waals surface area contributed by atoms with Crippen molar-refractivity contribution in [2.45, 2.75) is 0 Å². The van der Waals surface area contributed by atoms with E-state index < -0.39 is 0 Å². The van der Waals surface area contributed by atoms with Gasteiger partial charge in [0.2, 0.25) is 5.78 Å². The van der Waals surface area contributed by atoms with E-state index in [1.54, 1.807) is 17.8 Å². The fourth-order valence-electron chi connectivity index (χ4n) is 1.52. The van der Waals surface area contributed by atoms with Gasteiger partial charge >= 0.3 is 0 Å². The van der Waals surface area contributed by atoms with Crippen LogP contribution in [0.3, 0.4) is 0 Å². The quantitative estimate of drug-likeness (QED) is 0.490. The van der Waals surface area contributed by atoms with Crippen molar-refractivity contribution in [2.24, 2.45) is 7.05 Å². The Balaban J connectivity index is 2.24. The van der Waals surface area contributed by atoms with Crippen molar-refractivity contribution in [3.63, 3.8) is 0 Å². The van der Waals surface area contributed by atoms with E-state index in [0.29, 0.717) is 11.4 Å². The zero-order valence-corrected chi connectivity index (χ0v) is 9.74. The first kappa shape index (κ1) is 11.9. The fraction of sp³-hybridized carbons (Fsp3) is 0.0769. The van der Waals surface area contributed by atoms with Gasteiger partial charge in [-0.3, -0.25) is 4.79 Å². The topological polar surface area (TPSA) is 75.4 Å². The highest BCUT2D eigenvalue weighted by atomic mass is 16.3. The monoisotopic (exact) mass is 244 g/mol. The van der Waals surface area contributed by atoms with Crippen LogP contribution in [0.2, 0.25) is 0 Å². The van der Waals surface area contributed by atoms with Crippen LogP contribution in [0.5, 0.6) is 11.5 Å². The van der Waals surface area contributed by atoms with Crippen LogP contribution in [0, 0.1) is 0 Å². The highest BCUT2D eigenvalue weighted by Crippen LogP contribution is 2.23. The van der Waals surface area contributed by atoms with Gasteiger partial charge in [0.15, 0.2) is 5.82 Å². The number of benzene rings is 1. The first-order chi connectivity index (χ1) is 8.58. The summed E-state index contributed by atoms with van der Waals surface area (Å²) < 4.78 is 1.61. The minimum Gasteiger partial charge on any atom is -0.508 e. The summed E-state index contributed by atoms with van der Waals surface area (Å²) in [6.45, 7) is 0. The van der Waals surface area contributed by atoms with Gasteiger partial charge in [-0.25, -0.2) is 4.98 Å². The van der Waals surface area contributed by atoms with E-state index in [4.69, 9.17) is 0 Å². The number of carbonyl (C=O) groups is 1. The minimum absolute atomic E-state index is 0.00306. The van der Waals surface area contributed by atoms with E-state index in [-0.39, 0.29) is 17.3 Å². The predicted octanol–water partition coefficient (Wildman–Crippen LogP) is 1.73. The Morgan fingerprint density at radius 3 is 2.83 bits per heavy atom. The molecule has 0 aliphatic heterocycles. The summed E-state index contributed by atoms with van der Waals surface area (Å²) in [4.78, 5) is 15.7. The molecule has 0 bridgehead atoms. The molecule has 2 N–H and O–H groups in total. The number of ketones is 1. The lowest BCUT2D eigenvalue weighted by atomic mass is 10.1. The maximum Gasteiger partial charge on any atom is 0.221 e. The summed E-state index contributed by atoms with van der Waals surface area (Å²) in [5, 5.41) is 18.8. The van der Waals surface area contributed by atoms with Gasteiger partial charge in [0.05, 0.1) is 0 Å². The lowest BCUT2D eigenvalue weighted by Crippen LogP contribution is -2.03. The van der Waals surface area contributed by atoms with Crippen LogP contribution in [0.1, 0.15) is 16.2 Å². The van der Waals surface area contributed by atoms with Crippen molar-refractivity contribution in [1.82, 2.24) is 9.55 Å². The molecule has 0 radical (unpaired) electrons. The number of hydrogen-bond acceptors (Lipinski definition) is 4. The van der Waals surface area contributed by atoms with Crippen LogP contribution >= 0.6 is 0 Å². The third-order valence-electron chi connectivity index (χ3n) is 2.47. The zero-order chi connectivity index (χ0) is 13.1. The van der Waals surface area contributed by atoms with Crippen LogP contribution in [0.15, 0.2) is 36.7 Å². The van der Waals surface area contributed by atoms with Crippen molar-refractivity contribution < 1.29 is 15.0 Å². The Morgan fingerprint density at radius 2 is 2.17 bits per heavy atom. The van der Waals surface area contributed by atoms with Gasteiger partial charge in [-0.05, 0) is 30.4 Å². The Bertz CT molecular complexity index is 614. The number of phenolic OH excluding ortho intramolecular Hbond substituents is 2. The van der Waals surface area contributed by atoms with Crippen LogP contribution in [0.25, 0.3) is 6.08 Å². The highest BCUT2D eigenvalue weighted by molar-refractivity contribution is 6.04. The number of phenols is 2. The largest absolute Gasteiger partial charge is 0.508 e. The second-order valence-corrected chi connectivity index (χ2v) is 3.80. The van der Waals surface area contributed by atoms with Gasteiger partial charge in [0.25, 0.3) is 0 Å². The lowest BCUT2D eigenvalue weighted by molar-refractivity contribution is 0.103. The molecule has 5 heteroatoms. The second kappa shape index (κ2) is 4.75. The maximum absolute atomic E-state index is 11.8. The number of carbonyl (C=O) groups excluding carboxylic acids is 1. The van der Waals surface area contributed by atoms with Crippen molar-refractivity contribution >= 4 is 11.9 Å². The standard InChI is InChI=1S/C13H12N2O3/c1-15-7-6-14-13(15)12(18)4-2-9-8-10(16)3-5-11(9)17/h2-8,16-17H,1H3/b4-2+. The molecule has 0 saturated carbocycles. The smallest absolute Gasteiger partial charge is 0.221 e. The molecular weight excluding hydrogens is 232 g/mol. The van der Waals surface area contributed by atoms with E-state index in [1.807, 2.05) is 0 Å². The maximum atomic E-state index is 11.8. The van der Waals surface area contributed by atoms with Crippen LogP contribution < -0.4 is 0 Å². The number of imidazole rings is 1. The third kappa shape index (κ3) is 2.40. The fourth-order valence-corrected chi connectivity index (χ4v) is 1.52.